The molecule has 18 heavy (non-hydrogen) atoms. The predicted molar refractivity (Wildman–Crippen MR) is 69.6 cm³/mol. The van der Waals surface area contributed by atoms with Gasteiger partial charge in [-0.05, 0) is 25.7 Å². The molecule has 1 aliphatic rings. The van der Waals surface area contributed by atoms with Crippen molar-refractivity contribution in [1.82, 2.24) is 5.32 Å². The quantitative estimate of drug-likeness (QED) is 0.749. The molecule has 1 atom stereocenters. The van der Waals surface area contributed by atoms with Crippen LogP contribution in [0.3, 0.4) is 0 Å². The molecular weight excluding hydrogens is 254 g/mol. The second-order valence-electron chi connectivity index (χ2n) is 4.61. The highest BCUT2D eigenvalue weighted by molar-refractivity contribution is 7.84. The van der Waals surface area contributed by atoms with Crippen molar-refractivity contribution < 1.29 is 18.9 Å². The van der Waals surface area contributed by atoms with Crippen LogP contribution in [-0.4, -0.2) is 39.2 Å². The summed E-state index contributed by atoms with van der Waals surface area (Å²) in [7, 11) is -0.853. The summed E-state index contributed by atoms with van der Waals surface area (Å²) < 4.78 is 11.2. The second kappa shape index (κ2) is 7.51. The molecule has 1 unspecified atom stereocenters. The highest BCUT2D eigenvalue weighted by Gasteiger charge is 2.29. The summed E-state index contributed by atoms with van der Waals surface area (Å²) in [6.45, 7) is 2.29. The molecule has 0 saturated heterocycles. The van der Waals surface area contributed by atoms with Crippen molar-refractivity contribution in [2.45, 2.75) is 32.6 Å². The van der Waals surface area contributed by atoms with Gasteiger partial charge in [0, 0.05) is 34.8 Å². The molecule has 0 aromatic carbocycles. The van der Waals surface area contributed by atoms with Crippen LogP contribution in [0.1, 0.15) is 32.6 Å². The van der Waals surface area contributed by atoms with Gasteiger partial charge in [0.2, 0.25) is 5.91 Å². The molecule has 1 aliphatic carbocycles. The van der Waals surface area contributed by atoms with E-state index in [0.29, 0.717) is 43.7 Å². The van der Waals surface area contributed by atoms with Gasteiger partial charge in [-0.15, -0.1) is 0 Å². The Morgan fingerprint density at radius 3 is 2.28 bits per heavy atom. The molecule has 1 fully saturated rings. The summed E-state index contributed by atoms with van der Waals surface area (Å²) in [5.41, 5.74) is 0. The first-order valence-electron chi connectivity index (χ1n) is 6.40. The Bertz CT molecular complexity index is 324. The molecule has 0 spiro atoms. The van der Waals surface area contributed by atoms with Crippen molar-refractivity contribution in [3.63, 3.8) is 0 Å². The molecule has 6 heteroatoms. The van der Waals surface area contributed by atoms with Gasteiger partial charge in [0.25, 0.3) is 0 Å². The maximum atomic E-state index is 11.8. The fourth-order valence-corrected chi connectivity index (χ4v) is 2.80. The zero-order chi connectivity index (χ0) is 13.5. The van der Waals surface area contributed by atoms with Gasteiger partial charge in [-0.25, -0.2) is 0 Å². The first-order valence-corrected chi connectivity index (χ1v) is 7.88. The summed E-state index contributed by atoms with van der Waals surface area (Å²) in [5, 5.41) is 11.6. The molecule has 1 saturated carbocycles. The lowest BCUT2D eigenvalue weighted by Crippen LogP contribution is -2.36. The fraction of sp³-hybridized carbons (Fsp3) is 0.833. The summed E-state index contributed by atoms with van der Waals surface area (Å²) in [4.78, 5) is 22.6. The van der Waals surface area contributed by atoms with E-state index >= 15 is 0 Å². The van der Waals surface area contributed by atoms with Crippen molar-refractivity contribution in [1.29, 1.82) is 0 Å². The molecule has 0 aromatic rings. The Balaban J connectivity index is 2.24. The van der Waals surface area contributed by atoms with Gasteiger partial charge < -0.3 is 10.4 Å². The molecular formula is C12H21NO4S. The third kappa shape index (κ3) is 4.76. The summed E-state index contributed by atoms with van der Waals surface area (Å²) in [5.74, 6) is -0.0387. The van der Waals surface area contributed by atoms with Gasteiger partial charge in [-0.2, -0.15) is 0 Å². The van der Waals surface area contributed by atoms with E-state index in [2.05, 4.69) is 5.32 Å². The largest absolute Gasteiger partial charge is 0.481 e. The maximum Gasteiger partial charge on any atom is 0.306 e. The monoisotopic (exact) mass is 275 g/mol. The minimum absolute atomic E-state index is 0.0214. The Hall–Kier alpha value is -0.910. The standard InChI is InChI=1S/C12H21NO4S/c1-2-18(17)8-7-13-11(14)9-3-5-10(6-4-9)12(15)16/h9-10H,2-8H2,1H3,(H,13,14)(H,15,16). The topological polar surface area (TPSA) is 83.5 Å². The third-order valence-corrected chi connectivity index (χ3v) is 4.70. The molecule has 2 N–H and O–H groups in total. The number of rotatable bonds is 6. The van der Waals surface area contributed by atoms with Gasteiger partial charge in [0.1, 0.15) is 0 Å². The number of aliphatic carboxylic acids is 1. The number of carboxylic acids is 1. The minimum Gasteiger partial charge on any atom is -0.481 e. The van der Waals surface area contributed by atoms with Gasteiger partial charge >= 0.3 is 5.97 Å². The van der Waals surface area contributed by atoms with E-state index in [1.807, 2.05) is 6.92 Å². The second-order valence-corrected chi connectivity index (χ2v) is 6.48. The van der Waals surface area contributed by atoms with Gasteiger partial charge in [-0.1, -0.05) is 6.92 Å². The predicted octanol–water partition coefficient (Wildman–Crippen LogP) is 0.762. The van der Waals surface area contributed by atoms with Crippen molar-refractivity contribution in [2.75, 3.05) is 18.1 Å². The van der Waals surface area contributed by atoms with E-state index < -0.39 is 16.8 Å². The number of carbonyl (C=O) groups excluding carboxylic acids is 1. The first-order chi connectivity index (χ1) is 8.54. The van der Waals surface area contributed by atoms with Crippen molar-refractivity contribution in [3.05, 3.63) is 0 Å². The van der Waals surface area contributed by atoms with Crippen molar-refractivity contribution in [2.24, 2.45) is 11.8 Å². The zero-order valence-electron chi connectivity index (χ0n) is 10.7. The van der Waals surface area contributed by atoms with Crippen LogP contribution in [0.4, 0.5) is 0 Å². The lowest BCUT2D eigenvalue weighted by molar-refractivity contribution is -0.144. The van der Waals surface area contributed by atoms with Crippen molar-refractivity contribution >= 4 is 22.7 Å². The smallest absolute Gasteiger partial charge is 0.306 e. The molecule has 104 valence electrons. The van der Waals surface area contributed by atoms with Gasteiger partial charge in [0.05, 0.1) is 5.92 Å². The number of hydrogen-bond acceptors (Lipinski definition) is 3. The maximum absolute atomic E-state index is 11.8. The highest BCUT2D eigenvalue weighted by atomic mass is 32.2. The minimum atomic E-state index is -0.853. The zero-order valence-corrected chi connectivity index (χ0v) is 11.5. The fourth-order valence-electron chi connectivity index (χ4n) is 2.18. The summed E-state index contributed by atoms with van der Waals surface area (Å²) in [6.07, 6.45) is 2.43. The first kappa shape index (κ1) is 15.1. The van der Waals surface area contributed by atoms with E-state index in [0.717, 1.165) is 0 Å². The SMILES string of the molecule is CCS(=O)CCNC(=O)C1CCC(C(=O)O)CC1. The Morgan fingerprint density at radius 1 is 1.22 bits per heavy atom. The Morgan fingerprint density at radius 2 is 1.78 bits per heavy atom. The van der Waals surface area contributed by atoms with Crippen LogP contribution in [-0.2, 0) is 20.4 Å². The van der Waals surface area contributed by atoms with Crippen molar-refractivity contribution in [3.8, 4) is 0 Å². The molecule has 0 bridgehead atoms. The lowest BCUT2D eigenvalue weighted by atomic mass is 9.81. The molecule has 0 aromatic heterocycles. The number of amides is 1. The lowest BCUT2D eigenvalue weighted by Gasteiger charge is -2.25. The van der Waals surface area contributed by atoms with Crippen LogP contribution in [0.15, 0.2) is 0 Å². The molecule has 1 rings (SSSR count). The van der Waals surface area contributed by atoms with Crippen LogP contribution in [0.25, 0.3) is 0 Å². The van der Waals surface area contributed by atoms with Crippen LogP contribution in [0, 0.1) is 11.8 Å². The molecule has 0 aliphatic heterocycles. The van der Waals surface area contributed by atoms with Crippen LogP contribution in [0.5, 0.6) is 0 Å². The number of carboxylic acid groups (broad SMARTS) is 1. The highest BCUT2D eigenvalue weighted by Crippen LogP contribution is 2.28. The summed E-state index contributed by atoms with van der Waals surface area (Å²) in [6, 6.07) is 0. The third-order valence-electron chi connectivity index (χ3n) is 3.40. The number of nitrogens with one attached hydrogen (secondary N) is 1. The molecule has 0 radical (unpaired) electrons. The normalized spacial score (nSPS) is 25.4. The Kier molecular flexibility index (Phi) is 6.32. The van der Waals surface area contributed by atoms with Crippen LogP contribution < -0.4 is 5.32 Å². The molecule has 0 heterocycles. The molecule has 1 amide bonds. The Labute approximate surface area is 110 Å². The van der Waals surface area contributed by atoms with E-state index in [-0.39, 0.29) is 17.7 Å². The summed E-state index contributed by atoms with van der Waals surface area (Å²) >= 11 is 0. The van der Waals surface area contributed by atoms with Gasteiger partial charge in [0.15, 0.2) is 0 Å². The average Bonchev–Trinajstić information content (AvgIpc) is 2.38. The molecule has 5 nitrogen and oxygen atoms in total. The van der Waals surface area contributed by atoms with E-state index in [1.165, 1.54) is 0 Å². The number of carbonyl (C=O) groups is 2. The van der Waals surface area contributed by atoms with Gasteiger partial charge in [-0.3, -0.25) is 13.8 Å². The van der Waals surface area contributed by atoms with E-state index in [9.17, 15) is 13.8 Å². The van der Waals surface area contributed by atoms with Crippen LogP contribution >= 0.6 is 0 Å². The van der Waals surface area contributed by atoms with E-state index in [1.54, 1.807) is 0 Å². The number of hydrogen-bond donors (Lipinski definition) is 2. The van der Waals surface area contributed by atoms with E-state index in [4.69, 9.17) is 5.11 Å². The average molecular weight is 275 g/mol. The van der Waals surface area contributed by atoms with Crippen LogP contribution in [0.2, 0.25) is 0 Å².